The lowest BCUT2D eigenvalue weighted by Gasteiger charge is -2.24. The van der Waals surface area contributed by atoms with Crippen LogP contribution in [0, 0.1) is 13.8 Å². The molecule has 164 valence electrons. The van der Waals surface area contributed by atoms with Crippen LogP contribution < -0.4 is 5.32 Å². The molecule has 2 aliphatic rings. The predicted octanol–water partition coefficient (Wildman–Crippen LogP) is 2.14. The number of urea groups is 1. The Morgan fingerprint density at radius 3 is 2.60 bits per heavy atom. The van der Waals surface area contributed by atoms with Gasteiger partial charge in [0, 0.05) is 45.4 Å². The maximum Gasteiger partial charge on any atom is 0.317 e. The van der Waals surface area contributed by atoms with Crippen LogP contribution >= 0.6 is 0 Å². The van der Waals surface area contributed by atoms with Crippen molar-refractivity contribution in [2.75, 3.05) is 46.4 Å². The number of nitrogens with one attached hydrogen (secondary N) is 1. The number of carbonyl (C=O) groups is 1. The van der Waals surface area contributed by atoms with Gasteiger partial charge in [-0.25, -0.2) is 4.79 Å². The van der Waals surface area contributed by atoms with Crippen molar-refractivity contribution in [3.63, 3.8) is 0 Å². The molecule has 9 heteroatoms. The van der Waals surface area contributed by atoms with Crippen LogP contribution in [0.1, 0.15) is 30.0 Å². The molecule has 0 radical (unpaired) electrons. The Morgan fingerprint density at radius 1 is 1.13 bits per heavy atom. The first-order chi connectivity index (χ1) is 14.2. The Balaban J connectivity index is 1.78. The predicted molar refractivity (Wildman–Crippen MR) is 118 cm³/mol. The number of ether oxygens (including phenoxy) is 1. The van der Waals surface area contributed by atoms with Gasteiger partial charge in [-0.05, 0) is 43.9 Å². The molecule has 2 amide bonds. The van der Waals surface area contributed by atoms with Crippen molar-refractivity contribution in [2.24, 2.45) is 4.40 Å². The summed E-state index contributed by atoms with van der Waals surface area (Å²) in [4.78, 5) is 16.3. The molecule has 1 aromatic carbocycles. The largest absolute Gasteiger partial charge is 0.383 e. The maximum absolute atomic E-state index is 12.9. The van der Waals surface area contributed by atoms with E-state index in [4.69, 9.17) is 4.74 Å². The lowest BCUT2D eigenvalue weighted by molar-refractivity contribution is 0.181. The zero-order valence-corrected chi connectivity index (χ0v) is 18.9. The molecule has 1 aromatic rings. The third kappa shape index (κ3) is 4.67. The molecule has 3 rings (SSSR count). The van der Waals surface area contributed by atoms with E-state index in [1.54, 1.807) is 12.0 Å². The normalized spacial score (nSPS) is 19.0. The van der Waals surface area contributed by atoms with Crippen LogP contribution in [0.5, 0.6) is 0 Å². The smallest absolute Gasteiger partial charge is 0.317 e. The average Bonchev–Trinajstić information content (AvgIpc) is 2.85. The summed E-state index contributed by atoms with van der Waals surface area (Å²) in [7, 11) is -2.16. The molecule has 2 heterocycles. The highest BCUT2D eigenvalue weighted by Crippen LogP contribution is 2.34. The number of hydrogen-bond donors (Lipinski definition) is 1. The van der Waals surface area contributed by atoms with E-state index < -0.39 is 10.0 Å². The molecule has 0 unspecified atom stereocenters. The molecule has 30 heavy (non-hydrogen) atoms. The number of benzene rings is 1. The minimum absolute atomic E-state index is 0.127. The summed E-state index contributed by atoms with van der Waals surface area (Å²) in [5.41, 5.74) is 3.49. The van der Waals surface area contributed by atoms with Crippen LogP contribution in [0.4, 0.5) is 4.79 Å². The molecule has 8 nitrogen and oxygen atoms in total. The van der Waals surface area contributed by atoms with Gasteiger partial charge in [-0.2, -0.15) is 8.42 Å². The zero-order valence-electron chi connectivity index (χ0n) is 18.1. The van der Waals surface area contributed by atoms with Gasteiger partial charge < -0.3 is 19.9 Å². The maximum atomic E-state index is 12.9. The fourth-order valence-corrected chi connectivity index (χ4v) is 5.24. The van der Waals surface area contributed by atoms with E-state index in [9.17, 15) is 13.2 Å². The van der Waals surface area contributed by atoms with Crippen LogP contribution in [0.15, 0.2) is 28.2 Å². The van der Waals surface area contributed by atoms with Gasteiger partial charge in [-0.1, -0.05) is 18.2 Å². The van der Waals surface area contributed by atoms with Crippen LogP contribution in [-0.4, -0.2) is 76.5 Å². The van der Waals surface area contributed by atoms with Gasteiger partial charge >= 0.3 is 6.03 Å². The third-order valence-corrected chi connectivity index (χ3v) is 7.05. The second kappa shape index (κ2) is 9.18. The fourth-order valence-electron chi connectivity index (χ4n) is 3.77. The molecule has 1 saturated heterocycles. The Bertz CT molecular complexity index is 985. The van der Waals surface area contributed by atoms with Gasteiger partial charge in [-0.15, -0.1) is 4.40 Å². The monoisotopic (exact) mass is 434 g/mol. The Kier molecular flexibility index (Phi) is 6.82. The number of methoxy groups -OCH3 is 1. The molecule has 2 aliphatic heterocycles. The highest BCUT2D eigenvalue weighted by molar-refractivity contribution is 8.00. The fraction of sp³-hybridized carbons (Fsp3) is 0.524. The first kappa shape index (κ1) is 22.3. The van der Waals surface area contributed by atoms with Gasteiger partial charge in [0.2, 0.25) is 0 Å². The standard InChI is InChI=1S/C21H30N4O4S/c1-15-6-7-18(14-16(15)2)19-17(3)20(23-30(19,27)28)24-9-5-10-25(12-11-24)21(26)22-8-13-29-4/h6-7,14H,5,8-13H2,1-4H3,(H,22,26). The number of hydrogen-bond acceptors (Lipinski definition) is 5. The van der Waals surface area contributed by atoms with E-state index in [0.29, 0.717) is 56.3 Å². The van der Waals surface area contributed by atoms with E-state index in [2.05, 4.69) is 9.71 Å². The SMILES string of the molecule is COCCNC(=O)N1CCCN(C2=NS(=O)(=O)C(c3ccc(C)c(C)c3)=C2C)CC1. The van der Waals surface area contributed by atoms with Gasteiger partial charge in [-0.3, -0.25) is 0 Å². The lowest BCUT2D eigenvalue weighted by atomic mass is 10.0. The summed E-state index contributed by atoms with van der Waals surface area (Å²) < 4.78 is 34.8. The highest BCUT2D eigenvalue weighted by atomic mass is 32.2. The van der Waals surface area contributed by atoms with Crippen molar-refractivity contribution >= 4 is 26.8 Å². The minimum atomic E-state index is -3.75. The van der Waals surface area contributed by atoms with E-state index in [-0.39, 0.29) is 10.9 Å². The number of sulfonamides is 1. The summed E-state index contributed by atoms with van der Waals surface area (Å²) in [6, 6.07) is 5.55. The summed E-state index contributed by atoms with van der Waals surface area (Å²) in [5.74, 6) is 0.491. The van der Waals surface area contributed by atoms with Crippen molar-refractivity contribution in [1.82, 2.24) is 15.1 Å². The second-order valence-corrected chi connectivity index (χ2v) is 9.24. The molecule has 0 atom stereocenters. The second-order valence-electron chi connectivity index (χ2n) is 7.70. The molecule has 0 aromatic heterocycles. The molecule has 0 spiro atoms. The molecular formula is C21H30N4O4S. The van der Waals surface area contributed by atoms with E-state index in [1.807, 2.05) is 43.9 Å². The van der Waals surface area contributed by atoms with Gasteiger partial charge in [0.05, 0.1) is 6.61 Å². The summed E-state index contributed by atoms with van der Waals surface area (Å²) in [6.07, 6.45) is 0.739. The molecule has 0 saturated carbocycles. The first-order valence-corrected chi connectivity index (χ1v) is 11.6. The van der Waals surface area contributed by atoms with Crippen LogP contribution in [0.2, 0.25) is 0 Å². The van der Waals surface area contributed by atoms with Crippen LogP contribution in [-0.2, 0) is 14.8 Å². The van der Waals surface area contributed by atoms with Crippen molar-refractivity contribution in [3.8, 4) is 0 Å². The van der Waals surface area contributed by atoms with Gasteiger partial charge in [0.25, 0.3) is 10.0 Å². The van der Waals surface area contributed by atoms with Crippen molar-refractivity contribution < 1.29 is 17.9 Å². The van der Waals surface area contributed by atoms with E-state index in [0.717, 1.165) is 17.5 Å². The quantitative estimate of drug-likeness (QED) is 0.733. The van der Waals surface area contributed by atoms with Crippen molar-refractivity contribution in [1.29, 1.82) is 0 Å². The van der Waals surface area contributed by atoms with Gasteiger partial charge in [0.15, 0.2) is 0 Å². The molecule has 0 aliphatic carbocycles. The lowest BCUT2D eigenvalue weighted by Crippen LogP contribution is -2.43. The number of amidine groups is 1. The van der Waals surface area contributed by atoms with Crippen molar-refractivity contribution in [3.05, 3.63) is 40.5 Å². The average molecular weight is 435 g/mol. The number of aryl methyl sites for hydroxylation is 2. The summed E-state index contributed by atoms with van der Waals surface area (Å²) in [6.45, 7) is 9.00. The topological polar surface area (TPSA) is 91.3 Å². The summed E-state index contributed by atoms with van der Waals surface area (Å²) in [5, 5.41) is 2.83. The van der Waals surface area contributed by atoms with Crippen LogP contribution in [0.25, 0.3) is 4.91 Å². The number of amides is 2. The molecular weight excluding hydrogens is 404 g/mol. The minimum Gasteiger partial charge on any atom is -0.383 e. The highest BCUT2D eigenvalue weighted by Gasteiger charge is 2.34. The number of nitrogens with zero attached hydrogens (tertiary/aromatic N) is 3. The summed E-state index contributed by atoms with van der Waals surface area (Å²) >= 11 is 0. The number of carbonyl (C=O) groups excluding carboxylic acids is 1. The molecule has 1 N–H and O–H groups in total. The Hall–Kier alpha value is -2.39. The van der Waals surface area contributed by atoms with Crippen molar-refractivity contribution in [2.45, 2.75) is 27.2 Å². The van der Waals surface area contributed by atoms with E-state index >= 15 is 0 Å². The zero-order chi connectivity index (χ0) is 21.9. The number of rotatable bonds is 4. The third-order valence-electron chi connectivity index (χ3n) is 5.57. The van der Waals surface area contributed by atoms with Gasteiger partial charge in [0.1, 0.15) is 10.7 Å². The Labute approximate surface area is 178 Å². The first-order valence-electron chi connectivity index (χ1n) is 10.1. The molecule has 0 bridgehead atoms. The van der Waals surface area contributed by atoms with E-state index in [1.165, 1.54) is 0 Å². The Morgan fingerprint density at radius 2 is 1.90 bits per heavy atom. The van der Waals surface area contributed by atoms with Crippen LogP contribution in [0.3, 0.4) is 0 Å². The molecule has 1 fully saturated rings.